The van der Waals surface area contributed by atoms with Crippen molar-refractivity contribution in [3.8, 4) is 0 Å². The van der Waals surface area contributed by atoms with Gasteiger partial charge in [-0.15, -0.1) is 0 Å². The van der Waals surface area contributed by atoms with Gasteiger partial charge in [-0.2, -0.15) is 0 Å². The first kappa shape index (κ1) is 11.6. The molecule has 7 nitrogen and oxygen atoms in total. The van der Waals surface area contributed by atoms with E-state index in [2.05, 4.69) is 5.32 Å². The number of non-ortho nitro benzene ring substituents is 1. The summed E-state index contributed by atoms with van der Waals surface area (Å²) in [6.45, 7) is 0. The summed E-state index contributed by atoms with van der Waals surface area (Å²) in [5.74, 6) is 0. The van der Waals surface area contributed by atoms with Gasteiger partial charge in [0.1, 0.15) is 5.69 Å². The number of anilines is 1. The predicted octanol–water partition coefficient (Wildman–Crippen LogP) is 2.73. The summed E-state index contributed by atoms with van der Waals surface area (Å²) < 4.78 is 0. The molecule has 0 spiro atoms. The molecule has 8 heteroatoms. The molecule has 17 heavy (non-hydrogen) atoms. The molecule has 0 aliphatic heterocycles. The van der Waals surface area contributed by atoms with Crippen molar-refractivity contribution in [3.05, 3.63) is 37.4 Å². The van der Waals surface area contributed by atoms with Crippen LogP contribution in [0, 0.1) is 20.2 Å². The minimum atomic E-state index is -0.709. The topological polar surface area (TPSA) is 98.3 Å². The Morgan fingerprint density at radius 1 is 1.24 bits per heavy atom. The summed E-state index contributed by atoms with van der Waals surface area (Å²) in [5.41, 5.74) is -0.594. The molecule has 0 radical (unpaired) electrons. The summed E-state index contributed by atoms with van der Waals surface area (Å²) in [7, 11) is 0. The van der Waals surface area contributed by atoms with Crippen LogP contribution < -0.4 is 5.32 Å². The molecule has 1 fully saturated rings. The van der Waals surface area contributed by atoms with E-state index >= 15 is 0 Å². The van der Waals surface area contributed by atoms with E-state index in [-0.39, 0.29) is 28.1 Å². The first-order valence-corrected chi connectivity index (χ1v) is 5.25. The second-order valence-corrected chi connectivity index (χ2v) is 4.16. The van der Waals surface area contributed by atoms with Gasteiger partial charge in [-0.1, -0.05) is 11.6 Å². The average Bonchev–Trinajstić information content (AvgIpc) is 3.03. The molecular weight excluding hydrogens is 250 g/mol. The third-order valence-corrected chi connectivity index (χ3v) is 2.69. The standard InChI is InChI=1S/C9H8ClN3O4/c10-7-3-6(12(14)15)4-8(13(16)17)9(7)11-5-1-2-5/h3-5,11H,1-2H2. The van der Waals surface area contributed by atoms with E-state index in [1.54, 1.807) is 0 Å². The van der Waals surface area contributed by atoms with Crippen LogP contribution in [-0.2, 0) is 0 Å². The van der Waals surface area contributed by atoms with Crippen molar-refractivity contribution in [1.82, 2.24) is 0 Å². The molecule has 1 N–H and O–H groups in total. The van der Waals surface area contributed by atoms with E-state index in [1.165, 1.54) is 0 Å². The SMILES string of the molecule is O=[N+]([O-])c1cc(Cl)c(NC2CC2)c([N+](=O)[O-])c1. The molecular formula is C9H8ClN3O4. The highest BCUT2D eigenvalue weighted by Crippen LogP contribution is 2.39. The van der Waals surface area contributed by atoms with E-state index in [4.69, 9.17) is 11.6 Å². The van der Waals surface area contributed by atoms with Crippen LogP contribution in [0.2, 0.25) is 5.02 Å². The zero-order valence-corrected chi connectivity index (χ0v) is 9.31. The lowest BCUT2D eigenvalue weighted by Crippen LogP contribution is -2.05. The van der Waals surface area contributed by atoms with Crippen LogP contribution in [0.5, 0.6) is 0 Å². The van der Waals surface area contributed by atoms with Crippen LogP contribution in [0.3, 0.4) is 0 Å². The maximum atomic E-state index is 10.8. The van der Waals surface area contributed by atoms with E-state index < -0.39 is 9.85 Å². The Morgan fingerprint density at radius 2 is 1.88 bits per heavy atom. The molecule has 1 aliphatic carbocycles. The maximum absolute atomic E-state index is 10.8. The zero-order valence-electron chi connectivity index (χ0n) is 8.55. The zero-order chi connectivity index (χ0) is 12.6. The van der Waals surface area contributed by atoms with Crippen molar-refractivity contribution in [2.75, 3.05) is 5.32 Å². The Balaban J connectivity index is 2.47. The fourth-order valence-corrected chi connectivity index (χ4v) is 1.67. The quantitative estimate of drug-likeness (QED) is 0.660. The van der Waals surface area contributed by atoms with Crippen LogP contribution in [0.1, 0.15) is 12.8 Å². The molecule has 1 saturated carbocycles. The molecule has 1 aromatic rings. The number of nitrogens with zero attached hydrogens (tertiary/aromatic N) is 2. The molecule has 90 valence electrons. The highest BCUT2D eigenvalue weighted by molar-refractivity contribution is 6.34. The van der Waals surface area contributed by atoms with Crippen LogP contribution in [0.15, 0.2) is 12.1 Å². The Kier molecular flexibility index (Phi) is 2.84. The van der Waals surface area contributed by atoms with E-state index in [0.29, 0.717) is 0 Å². The van der Waals surface area contributed by atoms with E-state index in [9.17, 15) is 20.2 Å². The van der Waals surface area contributed by atoms with Gasteiger partial charge in [-0.05, 0) is 12.8 Å². The summed E-state index contributed by atoms with van der Waals surface area (Å²) in [5, 5.41) is 24.3. The summed E-state index contributed by atoms with van der Waals surface area (Å²) in [6, 6.07) is 2.20. The number of halogens is 1. The van der Waals surface area contributed by atoms with Gasteiger partial charge in [-0.3, -0.25) is 20.2 Å². The lowest BCUT2D eigenvalue weighted by atomic mass is 10.2. The van der Waals surface area contributed by atoms with Crippen LogP contribution >= 0.6 is 11.6 Å². The van der Waals surface area contributed by atoms with Crippen LogP contribution in [-0.4, -0.2) is 15.9 Å². The molecule has 0 unspecified atom stereocenters. The molecule has 0 saturated heterocycles. The van der Waals surface area contributed by atoms with Crippen molar-refractivity contribution in [2.45, 2.75) is 18.9 Å². The lowest BCUT2D eigenvalue weighted by molar-refractivity contribution is -0.393. The van der Waals surface area contributed by atoms with Crippen molar-refractivity contribution >= 4 is 28.7 Å². The summed E-state index contributed by atoms with van der Waals surface area (Å²) in [4.78, 5) is 20.0. The molecule has 0 atom stereocenters. The number of nitro groups is 2. The fourth-order valence-electron chi connectivity index (χ4n) is 1.40. The smallest absolute Gasteiger partial charge is 0.300 e. The minimum Gasteiger partial charge on any atom is -0.376 e. The molecule has 0 amide bonds. The maximum Gasteiger partial charge on any atom is 0.300 e. The largest absolute Gasteiger partial charge is 0.376 e. The van der Waals surface area contributed by atoms with Crippen molar-refractivity contribution in [2.24, 2.45) is 0 Å². The highest BCUT2D eigenvalue weighted by atomic mass is 35.5. The molecule has 0 heterocycles. The number of benzene rings is 1. The second kappa shape index (κ2) is 4.17. The van der Waals surface area contributed by atoms with E-state index in [1.807, 2.05) is 0 Å². The van der Waals surface area contributed by atoms with Gasteiger partial charge in [0, 0.05) is 12.1 Å². The van der Waals surface area contributed by atoms with Gasteiger partial charge >= 0.3 is 5.69 Å². The van der Waals surface area contributed by atoms with E-state index in [0.717, 1.165) is 25.0 Å². The summed E-state index contributed by atoms with van der Waals surface area (Å²) in [6.07, 6.45) is 1.84. The monoisotopic (exact) mass is 257 g/mol. The Labute approximate surface area is 101 Å². The number of nitro benzene ring substituents is 2. The first-order chi connectivity index (χ1) is 7.99. The van der Waals surface area contributed by atoms with Crippen molar-refractivity contribution < 1.29 is 9.85 Å². The third-order valence-electron chi connectivity index (χ3n) is 2.39. The molecule has 1 aromatic carbocycles. The number of rotatable bonds is 4. The fraction of sp³-hybridized carbons (Fsp3) is 0.333. The molecule has 1 aliphatic rings. The third kappa shape index (κ3) is 2.44. The summed E-state index contributed by atoms with van der Waals surface area (Å²) >= 11 is 5.82. The lowest BCUT2D eigenvalue weighted by Gasteiger charge is -2.07. The van der Waals surface area contributed by atoms with Gasteiger partial charge in [-0.25, -0.2) is 0 Å². The highest BCUT2D eigenvalue weighted by Gasteiger charge is 2.28. The Bertz CT molecular complexity index is 501. The number of hydrogen-bond donors (Lipinski definition) is 1. The van der Waals surface area contributed by atoms with Gasteiger partial charge in [0.05, 0.1) is 20.9 Å². The van der Waals surface area contributed by atoms with Gasteiger partial charge in [0.2, 0.25) is 0 Å². The minimum absolute atomic E-state index is 0.00204. The Hall–Kier alpha value is -1.89. The van der Waals surface area contributed by atoms with Gasteiger partial charge in [0.25, 0.3) is 5.69 Å². The van der Waals surface area contributed by atoms with Gasteiger partial charge in [0.15, 0.2) is 0 Å². The molecule has 0 bridgehead atoms. The van der Waals surface area contributed by atoms with Crippen molar-refractivity contribution in [1.29, 1.82) is 0 Å². The normalized spacial score (nSPS) is 14.4. The first-order valence-electron chi connectivity index (χ1n) is 4.88. The van der Waals surface area contributed by atoms with Crippen molar-refractivity contribution in [3.63, 3.8) is 0 Å². The second-order valence-electron chi connectivity index (χ2n) is 3.75. The van der Waals surface area contributed by atoms with Crippen LogP contribution in [0.25, 0.3) is 0 Å². The van der Waals surface area contributed by atoms with Crippen LogP contribution in [0.4, 0.5) is 17.1 Å². The Morgan fingerprint density at radius 3 is 2.35 bits per heavy atom. The molecule has 2 rings (SSSR count). The van der Waals surface area contributed by atoms with Gasteiger partial charge < -0.3 is 5.32 Å². The average molecular weight is 258 g/mol. The number of nitrogens with one attached hydrogen (secondary N) is 1. The predicted molar refractivity (Wildman–Crippen MR) is 61.4 cm³/mol. The molecule has 0 aromatic heterocycles. The number of hydrogen-bond acceptors (Lipinski definition) is 5.